The van der Waals surface area contributed by atoms with Gasteiger partial charge < -0.3 is 15.7 Å². The molecular formula is C14H23N3O2. The van der Waals surface area contributed by atoms with E-state index in [9.17, 15) is 9.90 Å². The number of rotatable bonds is 5. The minimum atomic E-state index is -0.420. The molecule has 5 heteroatoms. The molecule has 0 spiro atoms. The van der Waals surface area contributed by atoms with Crippen LogP contribution >= 0.6 is 0 Å². The lowest BCUT2D eigenvalue weighted by atomic mass is 9.89. The molecule has 0 aliphatic rings. The zero-order chi connectivity index (χ0) is 14.5. The standard InChI is InChI=1S/C14H23N3O2/c1-14(2,3)8-11(18)9-17-10-5-6-16-12(7-10)13(19)15-4/h5-7,11,18H,8-9H2,1-4H3,(H,15,19)(H,16,17). The first kappa shape index (κ1) is 15.4. The second kappa shape index (κ2) is 6.52. The van der Waals surface area contributed by atoms with Crippen LogP contribution in [0.3, 0.4) is 0 Å². The van der Waals surface area contributed by atoms with Gasteiger partial charge in [-0.15, -0.1) is 0 Å². The third-order valence-corrected chi connectivity index (χ3v) is 2.61. The van der Waals surface area contributed by atoms with Gasteiger partial charge in [-0.05, 0) is 24.0 Å². The van der Waals surface area contributed by atoms with Crippen LogP contribution in [0.15, 0.2) is 18.3 Å². The Morgan fingerprint density at radius 2 is 2.16 bits per heavy atom. The van der Waals surface area contributed by atoms with E-state index in [0.717, 1.165) is 5.69 Å². The summed E-state index contributed by atoms with van der Waals surface area (Å²) in [5.41, 5.74) is 1.23. The van der Waals surface area contributed by atoms with Crippen LogP contribution in [0.2, 0.25) is 0 Å². The molecule has 0 radical (unpaired) electrons. The highest BCUT2D eigenvalue weighted by molar-refractivity contribution is 5.92. The van der Waals surface area contributed by atoms with Crippen LogP contribution in [-0.2, 0) is 0 Å². The number of hydrogen-bond acceptors (Lipinski definition) is 4. The maximum Gasteiger partial charge on any atom is 0.269 e. The number of anilines is 1. The van der Waals surface area contributed by atoms with Crippen LogP contribution in [-0.4, -0.2) is 35.7 Å². The number of hydrogen-bond donors (Lipinski definition) is 3. The van der Waals surface area contributed by atoms with Crippen molar-refractivity contribution < 1.29 is 9.90 Å². The van der Waals surface area contributed by atoms with Crippen LogP contribution in [0.5, 0.6) is 0 Å². The van der Waals surface area contributed by atoms with Crippen molar-refractivity contribution in [3.8, 4) is 0 Å². The van der Waals surface area contributed by atoms with E-state index in [1.807, 2.05) is 0 Å². The molecule has 1 unspecified atom stereocenters. The van der Waals surface area contributed by atoms with Crippen molar-refractivity contribution in [2.45, 2.75) is 33.3 Å². The SMILES string of the molecule is CNC(=O)c1cc(NCC(O)CC(C)(C)C)ccn1. The molecule has 1 heterocycles. The predicted octanol–water partition coefficient (Wildman–Crippen LogP) is 1.65. The summed E-state index contributed by atoms with van der Waals surface area (Å²) < 4.78 is 0. The highest BCUT2D eigenvalue weighted by Gasteiger charge is 2.16. The van der Waals surface area contributed by atoms with Crippen molar-refractivity contribution in [1.29, 1.82) is 0 Å². The lowest BCUT2D eigenvalue weighted by Crippen LogP contribution is -2.25. The highest BCUT2D eigenvalue weighted by Crippen LogP contribution is 2.21. The van der Waals surface area contributed by atoms with Crippen molar-refractivity contribution in [2.24, 2.45) is 5.41 Å². The number of aliphatic hydroxyl groups is 1. The van der Waals surface area contributed by atoms with E-state index < -0.39 is 6.10 Å². The summed E-state index contributed by atoms with van der Waals surface area (Å²) in [5, 5.41) is 15.6. The third-order valence-electron chi connectivity index (χ3n) is 2.61. The largest absolute Gasteiger partial charge is 0.391 e. The smallest absolute Gasteiger partial charge is 0.269 e. The molecule has 19 heavy (non-hydrogen) atoms. The summed E-state index contributed by atoms with van der Waals surface area (Å²) >= 11 is 0. The fourth-order valence-corrected chi connectivity index (χ4v) is 1.81. The summed E-state index contributed by atoms with van der Waals surface area (Å²) in [4.78, 5) is 15.4. The summed E-state index contributed by atoms with van der Waals surface area (Å²) in [5.74, 6) is -0.223. The van der Waals surface area contributed by atoms with Gasteiger partial charge in [0, 0.05) is 25.5 Å². The fraction of sp³-hybridized carbons (Fsp3) is 0.571. The lowest BCUT2D eigenvalue weighted by Gasteiger charge is -2.22. The van der Waals surface area contributed by atoms with Crippen molar-refractivity contribution in [3.05, 3.63) is 24.0 Å². The quantitative estimate of drug-likeness (QED) is 0.757. The second-order valence-electron chi connectivity index (χ2n) is 5.81. The Balaban J connectivity index is 2.56. The molecule has 0 saturated heterocycles. The number of nitrogens with one attached hydrogen (secondary N) is 2. The first-order valence-corrected chi connectivity index (χ1v) is 6.42. The van der Waals surface area contributed by atoms with E-state index in [1.54, 1.807) is 25.4 Å². The molecule has 1 amide bonds. The summed E-state index contributed by atoms with van der Waals surface area (Å²) in [6, 6.07) is 3.44. The molecule has 3 N–H and O–H groups in total. The van der Waals surface area contributed by atoms with Gasteiger partial charge in [-0.1, -0.05) is 20.8 Å². The number of carbonyl (C=O) groups is 1. The minimum absolute atomic E-state index is 0.0899. The van der Waals surface area contributed by atoms with Crippen LogP contribution in [0.4, 0.5) is 5.69 Å². The maximum absolute atomic E-state index is 11.4. The van der Waals surface area contributed by atoms with Crippen molar-refractivity contribution >= 4 is 11.6 Å². The van der Waals surface area contributed by atoms with E-state index in [1.165, 1.54) is 0 Å². The lowest BCUT2D eigenvalue weighted by molar-refractivity contribution is 0.0958. The van der Waals surface area contributed by atoms with Crippen LogP contribution < -0.4 is 10.6 Å². The fourth-order valence-electron chi connectivity index (χ4n) is 1.81. The van der Waals surface area contributed by atoms with Gasteiger partial charge in [-0.3, -0.25) is 9.78 Å². The minimum Gasteiger partial charge on any atom is -0.391 e. The topological polar surface area (TPSA) is 74.2 Å². The normalized spacial score (nSPS) is 12.9. The van der Waals surface area contributed by atoms with Gasteiger partial charge in [0.25, 0.3) is 5.91 Å². The van der Waals surface area contributed by atoms with Crippen LogP contribution in [0, 0.1) is 5.41 Å². The van der Waals surface area contributed by atoms with Crippen molar-refractivity contribution in [2.75, 3.05) is 18.9 Å². The Hall–Kier alpha value is -1.62. The monoisotopic (exact) mass is 265 g/mol. The third kappa shape index (κ3) is 5.70. The molecule has 0 aliphatic heterocycles. The summed E-state index contributed by atoms with van der Waals surface area (Å²) in [6.45, 7) is 6.72. The van der Waals surface area contributed by atoms with E-state index in [4.69, 9.17) is 0 Å². The number of aromatic nitrogens is 1. The molecule has 0 aromatic carbocycles. The first-order valence-electron chi connectivity index (χ1n) is 6.42. The number of amides is 1. The zero-order valence-electron chi connectivity index (χ0n) is 12.0. The first-order chi connectivity index (χ1) is 8.81. The Kier molecular flexibility index (Phi) is 5.30. The molecule has 0 saturated carbocycles. The van der Waals surface area contributed by atoms with Crippen molar-refractivity contribution in [1.82, 2.24) is 10.3 Å². The van der Waals surface area contributed by atoms with Gasteiger partial charge in [0.15, 0.2) is 0 Å². The van der Waals surface area contributed by atoms with Crippen LogP contribution in [0.25, 0.3) is 0 Å². The van der Waals surface area contributed by atoms with Gasteiger partial charge in [0.05, 0.1) is 6.10 Å². The van der Waals surface area contributed by atoms with Gasteiger partial charge in [0.2, 0.25) is 0 Å². The van der Waals surface area contributed by atoms with Gasteiger partial charge in [-0.25, -0.2) is 0 Å². The average molecular weight is 265 g/mol. The molecule has 1 atom stereocenters. The molecule has 0 aliphatic carbocycles. The molecule has 0 fully saturated rings. The van der Waals surface area contributed by atoms with Gasteiger partial charge >= 0.3 is 0 Å². The maximum atomic E-state index is 11.4. The van der Waals surface area contributed by atoms with Crippen molar-refractivity contribution in [3.63, 3.8) is 0 Å². The second-order valence-corrected chi connectivity index (χ2v) is 5.81. The van der Waals surface area contributed by atoms with Crippen LogP contribution in [0.1, 0.15) is 37.7 Å². The van der Waals surface area contributed by atoms with E-state index in [-0.39, 0.29) is 11.3 Å². The van der Waals surface area contributed by atoms with E-state index in [2.05, 4.69) is 36.4 Å². The number of pyridine rings is 1. The van der Waals surface area contributed by atoms with Gasteiger partial charge in [-0.2, -0.15) is 0 Å². The average Bonchev–Trinajstić information content (AvgIpc) is 2.34. The summed E-state index contributed by atoms with van der Waals surface area (Å²) in [6.07, 6.45) is 1.87. The Morgan fingerprint density at radius 3 is 2.74 bits per heavy atom. The van der Waals surface area contributed by atoms with E-state index >= 15 is 0 Å². The number of nitrogens with zero attached hydrogens (tertiary/aromatic N) is 1. The summed E-state index contributed by atoms with van der Waals surface area (Å²) in [7, 11) is 1.57. The molecular weight excluding hydrogens is 242 g/mol. The molecule has 1 aromatic heterocycles. The Bertz CT molecular complexity index is 427. The molecule has 106 valence electrons. The predicted molar refractivity (Wildman–Crippen MR) is 76.2 cm³/mol. The number of aliphatic hydroxyl groups excluding tert-OH is 1. The molecule has 5 nitrogen and oxygen atoms in total. The molecule has 1 aromatic rings. The zero-order valence-corrected chi connectivity index (χ0v) is 12.0. The number of carbonyl (C=O) groups excluding carboxylic acids is 1. The Labute approximate surface area is 114 Å². The Morgan fingerprint density at radius 1 is 1.47 bits per heavy atom. The molecule has 1 rings (SSSR count). The van der Waals surface area contributed by atoms with E-state index in [0.29, 0.717) is 18.7 Å². The molecule has 0 bridgehead atoms. The van der Waals surface area contributed by atoms with Gasteiger partial charge in [0.1, 0.15) is 5.69 Å². The highest BCUT2D eigenvalue weighted by atomic mass is 16.3.